The van der Waals surface area contributed by atoms with Gasteiger partial charge in [-0.15, -0.1) is 10.2 Å². The predicted molar refractivity (Wildman–Crippen MR) is 62.1 cm³/mol. The van der Waals surface area contributed by atoms with E-state index in [1.807, 2.05) is 0 Å². The van der Waals surface area contributed by atoms with E-state index in [0.717, 1.165) is 30.7 Å². The fraction of sp³-hybridized carbons (Fsp3) is 0.833. The first-order valence-electron chi connectivity index (χ1n) is 6.29. The third-order valence-corrected chi connectivity index (χ3v) is 3.25. The average Bonchev–Trinajstić information content (AvgIpc) is 3.02. The van der Waals surface area contributed by atoms with E-state index in [-0.39, 0.29) is 6.04 Å². The van der Waals surface area contributed by atoms with Gasteiger partial charge in [0.15, 0.2) is 0 Å². The molecule has 0 amide bonds. The minimum Gasteiger partial charge on any atom is -0.423 e. The SMILES string of the molecule is CCCNC(C)c1nnc(C(C)C2CC2)o1. The van der Waals surface area contributed by atoms with Crippen molar-refractivity contribution < 1.29 is 4.42 Å². The van der Waals surface area contributed by atoms with Crippen molar-refractivity contribution in [3.8, 4) is 0 Å². The summed E-state index contributed by atoms with van der Waals surface area (Å²) in [6, 6.07) is 0.160. The van der Waals surface area contributed by atoms with Crippen LogP contribution < -0.4 is 5.32 Å². The molecule has 90 valence electrons. The highest BCUT2D eigenvalue weighted by Gasteiger charge is 2.32. The van der Waals surface area contributed by atoms with Crippen LogP contribution in [0.2, 0.25) is 0 Å². The zero-order valence-electron chi connectivity index (χ0n) is 10.4. The van der Waals surface area contributed by atoms with Crippen LogP contribution in [-0.4, -0.2) is 16.7 Å². The van der Waals surface area contributed by atoms with Crippen molar-refractivity contribution in [3.63, 3.8) is 0 Å². The molecule has 4 heteroatoms. The number of hydrogen-bond donors (Lipinski definition) is 1. The van der Waals surface area contributed by atoms with Crippen LogP contribution in [0, 0.1) is 5.92 Å². The first-order chi connectivity index (χ1) is 7.72. The lowest BCUT2D eigenvalue weighted by molar-refractivity contribution is 0.370. The second-order valence-electron chi connectivity index (χ2n) is 4.78. The molecule has 1 aliphatic carbocycles. The summed E-state index contributed by atoms with van der Waals surface area (Å²) in [5.41, 5.74) is 0. The van der Waals surface area contributed by atoms with Crippen molar-refractivity contribution in [2.75, 3.05) is 6.54 Å². The predicted octanol–water partition coefficient (Wildman–Crippen LogP) is 2.64. The molecule has 0 bridgehead atoms. The van der Waals surface area contributed by atoms with E-state index < -0.39 is 0 Å². The maximum Gasteiger partial charge on any atom is 0.233 e. The molecule has 1 aromatic rings. The van der Waals surface area contributed by atoms with Crippen molar-refractivity contribution in [1.29, 1.82) is 0 Å². The van der Waals surface area contributed by atoms with E-state index >= 15 is 0 Å². The van der Waals surface area contributed by atoms with E-state index in [2.05, 4.69) is 36.3 Å². The van der Waals surface area contributed by atoms with Gasteiger partial charge < -0.3 is 9.73 Å². The minimum atomic E-state index is 0.160. The molecule has 16 heavy (non-hydrogen) atoms. The summed E-state index contributed by atoms with van der Waals surface area (Å²) in [6.45, 7) is 7.37. The van der Waals surface area contributed by atoms with Crippen molar-refractivity contribution >= 4 is 0 Å². The largest absolute Gasteiger partial charge is 0.423 e. The molecule has 1 N–H and O–H groups in total. The third kappa shape index (κ3) is 2.61. The van der Waals surface area contributed by atoms with Crippen molar-refractivity contribution in [2.45, 2.75) is 52.0 Å². The number of nitrogens with one attached hydrogen (secondary N) is 1. The van der Waals surface area contributed by atoms with Crippen LogP contribution in [0.1, 0.15) is 63.8 Å². The molecule has 2 unspecified atom stereocenters. The van der Waals surface area contributed by atoms with E-state index in [9.17, 15) is 0 Å². The molecule has 1 aliphatic rings. The Morgan fingerprint density at radius 2 is 2.00 bits per heavy atom. The van der Waals surface area contributed by atoms with Crippen molar-refractivity contribution in [2.24, 2.45) is 5.92 Å². The monoisotopic (exact) mass is 223 g/mol. The van der Waals surface area contributed by atoms with E-state index in [0.29, 0.717) is 5.92 Å². The molecule has 1 aromatic heterocycles. The molecule has 1 fully saturated rings. The van der Waals surface area contributed by atoms with Crippen molar-refractivity contribution in [3.05, 3.63) is 11.8 Å². The molecule has 0 radical (unpaired) electrons. The normalized spacial score (nSPS) is 19.7. The fourth-order valence-electron chi connectivity index (χ4n) is 1.85. The minimum absolute atomic E-state index is 0.160. The molecule has 1 heterocycles. The molecule has 2 rings (SSSR count). The van der Waals surface area contributed by atoms with Gasteiger partial charge in [-0.05, 0) is 38.6 Å². The Balaban J connectivity index is 1.95. The molecule has 0 aromatic carbocycles. The van der Waals surface area contributed by atoms with Crippen LogP contribution in [-0.2, 0) is 0 Å². The smallest absolute Gasteiger partial charge is 0.233 e. The van der Waals surface area contributed by atoms with Gasteiger partial charge in [0.2, 0.25) is 11.8 Å². The van der Waals surface area contributed by atoms with Gasteiger partial charge in [-0.3, -0.25) is 0 Å². The fourth-order valence-corrected chi connectivity index (χ4v) is 1.85. The molecular weight excluding hydrogens is 202 g/mol. The maximum absolute atomic E-state index is 5.72. The summed E-state index contributed by atoms with van der Waals surface area (Å²) in [5.74, 6) is 2.73. The molecule has 0 saturated heterocycles. The summed E-state index contributed by atoms with van der Waals surface area (Å²) in [7, 11) is 0. The number of rotatable bonds is 6. The number of nitrogens with zero attached hydrogens (tertiary/aromatic N) is 2. The Kier molecular flexibility index (Phi) is 3.59. The standard InChI is InChI=1S/C12H21N3O/c1-4-7-13-9(3)12-15-14-11(16-12)8(2)10-5-6-10/h8-10,13H,4-7H2,1-3H3. The Labute approximate surface area is 96.8 Å². The van der Waals surface area contributed by atoms with Gasteiger partial charge in [-0.2, -0.15) is 0 Å². The zero-order valence-corrected chi connectivity index (χ0v) is 10.4. The van der Waals surface area contributed by atoms with E-state index in [1.165, 1.54) is 12.8 Å². The molecule has 0 spiro atoms. The lowest BCUT2D eigenvalue weighted by atomic mass is 10.1. The molecule has 2 atom stereocenters. The van der Waals surface area contributed by atoms with Gasteiger partial charge in [-0.25, -0.2) is 0 Å². The van der Waals surface area contributed by atoms with E-state index in [1.54, 1.807) is 0 Å². The Morgan fingerprint density at radius 1 is 1.31 bits per heavy atom. The van der Waals surface area contributed by atoms with Crippen LogP contribution in [0.25, 0.3) is 0 Å². The van der Waals surface area contributed by atoms with Gasteiger partial charge in [0.25, 0.3) is 0 Å². The highest BCUT2D eigenvalue weighted by molar-refractivity contribution is 4.98. The lowest BCUT2D eigenvalue weighted by Crippen LogP contribution is -2.19. The Hall–Kier alpha value is -0.900. The summed E-state index contributed by atoms with van der Waals surface area (Å²) in [5, 5.41) is 11.6. The molecule has 4 nitrogen and oxygen atoms in total. The highest BCUT2D eigenvalue weighted by atomic mass is 16.4. The summed E-state index contributed by atoms with van der Waals surface area (Å²) in [4.78, 5) is 0. The van der Waals surface area contributed by atoms with Gasteiger partial charge in [0.05, 0.1) is 6.04 Å². The Bertz CT molecular complexity index is 333. The second kappa shape index (κ2) is 4.95. The summed E-state index contributed by atoms with van der Waals surface area (Å²) >= 11 is 0. The molecule has 0 aliphatic heterocycles. The van der Waals surface area contributed by atoms with Crippen molar-refractivity contribution in [1.82, 2.24) is 15.5 Å². The maximum atomic E-state index is 5.72. The summed E-state index contributed by atoms with van der Waals surface area (Å²) < 4.78 is 5.72. The zero-order chi connectivity index (χ0) is 11.5. The van der Waals surface area contributed by atoms with Crippen LogP contribution in [0.4, 0.5) is 0 Å². The molecule has 1 saturated carbocycles. The number of aromatic nitrogens is 2. The average molecular weight is 223 g/mol. The van der Waals surface area contributed by atoms with Crippen LogP contribution in [0.15, 0.2) is 4.42 Å². The third-order valence-electron chi connectivity index (χ3n) is 3.25. The van der Waals surface area contributed by atoms with Crippen LogP contribution in [0.3, 0.4) is 0 Å². The van der Waals surface area contributed by atoms with Gasteiger partial charge in [0, 0.05) is 5.92 Å². The molecular formula is C12H21N3O. The quantitative estimate of drug-likeness (QED) is 0.805. The second-order valence-corrected chi connectivity index (χ2v) is 4.78. The van der Waals surface area contributed by atoms with Crippen LogP contribution >= 0.6 is 0 Å². The first kappa shape index (κ1) is 11.6. The van der Waals surface area contributed by atoms with E-state index in [4.69, 9.17) is 4.42 Å². The van der Waals surface area contributed by atoms with Gasteiger partial charge >= 0.3 is 0 Å². The van der Waals surface area contributed by atoms with Gasteiger partial charge in [0.1, 0.15) is 0 Å². The van der Waals surface area contributed by atoms with Gasteiger partial charge in [-0.1, -0.05) is 13.8 Å². The summed E-state index contributed by atoms with van der Waals surface area (Å²) in [6.07, 6.45) is 3.73. The lowest BCUT2D eigenvalue weighted by Gasteiger charge is -2.08. The number of hydrogen-bond acceptors (Lipinski definition) is 4. The topological polar surface area (TPSA) is 51.0 Å². The first-order valence-corrected chi connectivity index (χ1v) is 6.29. The highest BCUT2D eigenvalue weighted by Crippen LogP contribution is 2.41. The Morgan fingerprint density at radius 3 is 2.62 bits per heavy atom. The van der Waals surface area contributed by atoms with Crippen LogP contribution in [0.5, 0.6) is 0 Å².